The molecule has 2 heterocycles. The van der Waals surface area contributed by atoms with E-state index in [9.17, 15) is 18.4 Å². The van der Waals surface area contributed by atoms with E-state index in [1.807, 2.05) is 10.7 Å². The third kappa shape index (κ3) is 7.65. The number of fused-ring (bicyclic) bond motifs is 1. The molecular formula is C31H33Cl2F2N7O2. The SMILES string of the molecule is NCCNC(=O)[C@H](Cc1ccc(F)c(F)c1)NC(=O)Nc1ccc2c(CN3CCCC3)nn(Cc3c(Cl)cccc3Cl)c2c1. The molecule has 13 heteroatoms. The van der Waals surface area contributed by atoms with Crippen LogP contribution in [-0.2, 0) is 24.3 Å². The molecule has 3 amide bonds. The van der Waals surface area contributed by atoms with Gasteiger partial charge in [-0.3, -0.25) is 14.4 Å². The minimum atomic E-state index is -1.07. The zero-order valence-corrected chi connectivity index (χ0v) is 25.4. The van der Waals surface area contributed by atoms with Crippen molar-refractivity contribution in [2.75, 3.05) is 31.5 Å². The summed E-state index contributed by atoms with van der Waals surface area (Å²) < 4.78 is 29.1. The second kappa shape index (κ2) is 14.3. The van der Waals surface area contributed by atoms with Crippen molar-refractivity contribution in [3.8, 4) is 0 Å². The van der Waals surface area contributed by atoms with Crippen LogP contribution in [0.3, 0.4) is 0 Å². The van der Waals surface area contributed by atoms with Crippen molar-refractivity contribution in [1.29, 1.82) is 0 Å². The van der Waals surface area contributed by atoms with Gasteiger partial charge in [-0.25, -0.2) is 13.6 Å². The van der Waals surface area contributed by atoms with Gasteiger partial charge in [-0.2, -0.15) is 5.10 Å². The summed E-state index contributed by atoms with van der Waals surface area (Å²) in [6.45, 7) is 3.41. The van der Waals surface area contributed by atoms with Gasteiger partial charge in [-0.1, -0.05) is 35.3 Å². The van der Waals surface area contributed by atoms with Crippen LogP contribution in [0.25, 0.3) is 10.9 Å². The number of aromatic nitrogens is 2. The minimum Gasteiger partial charge on any atom is -0.353 e. The molecule has 0 unspecified atom stereocenters. The number of nitrogens with one attached hydrogen (secondary N) is 3. The van der Waals surface area contributed by atoms with Crippen LogP contribution < -0.4 is 21.7 Å². The number of hydrogen-bond acceptors (Lipinski definition) is 5. The molecule has 1 aliphatic rings. The number of benzene rings is 3. The Labute approximate surface area is 263 Å². The predicted molar refractivity (Wildman–Crippen MR) is 168 cm³/mol. The first kappa shape index (κ1) is 31.6. The number of carbonyl (C=O) groups excluding carboxylic acids is 2. The van der Waals surface area contributed by atoms with Crippen LogP contribution in [0.4, 0.5) is 19.3 Å². The molecule has 0 saturated carbocycles. The Balaban J connectivity index is 1.39. The molecule has 1 saturated heterocycles. The van der Waals surface area contributed by atoms with Crippen LogP contribution in [0.5, 0.6) is 0 Å². The first-order valence-corrected chi connectivity index (χ1v) is 15.1. The van der Waals surface area contributed by atoms with E-state index in [-0.39, 0.29) is 19.5 Å². The number of likely N-dealkylation sites (tertiary alicyclic amines) is 1. The van der Waals surface area contributed by atoms with Crippen LogP contribution in [0.15, 0.2) is 54.6 Å². The molecule has 5 rings (SSSR count). The van der Waals surface area contributed by atoms with E-state index in [0.717, 1.165) is 60.2 Å². The Morgan fingerprint density at radius 1 is 0.977 bits per heavy atom. The van der Waals surface area contributed by atoms with Gasteiger partial charge in [-0.15, -0.1) is 0 Å². The number of nitrogens with zero attached hydrogens (tertiary/aromatic N) is 3. The average Bonchev–Trinajstić information content (AvgIpc) is 3.63. The molecule has 3 aromatic carbocycles. The Morgan fingerprint density at radius 2 is 1.73 bits per heavy atom. The molecule has 0 radical (unpaired) electrons. The van der Waals surface area contributed by atoms with Crippen LogP contribution in [0, 0.1) is 11.6 Å². The van der Waals surface area contributed by atoms with E-state index < -0.39 is 29.6 Å². The first-order valence-electron chi connectivity index (χ1n) is 14.4. The molecule has 1 fully saturated rings. The van der Waals surface area contributed by atoms with Crippen molar-refractivity contribution >= 4 is 51.7 Å². The summed E-state index contributed by atoms with van der Waals surface area (Å²) in [6.07, 6.45) is 2.24. The third-order valence-corrected chi connectivity index (χ3v) is 8.23. The van der Waals surface area contributed by atoms with Gasteiger partial charge < -0.3 is 21.7 Å². The van der Waals surface area contributed by atoms with Gasteiger partial charge in [0.2, 0.25) is 5.91 Å². The number of halogens is 4. The van der Waals surface area contributed by atoms with Gasteiger partial charge in [0.25, 0.3) is 0 Å². The molecule has 0 spiro atoms. The highest BCUT2D eigenvalue weighted by Crippen LogP contribution is 2.29. The van der Waals surface area contributed by atoms with Gasteiger partial charge in [0.1, 0.15) is 6.04 Å². The van der Waals surface area contributed by atoms with E-state index in [4.69, 9.17) is 34.0 Å². The normalized spacial score (nSPS) is 14.1. The third-order valence-electron chi connectivity index (χ3n) is 7.52. The molecule has 232 valence electrons. The number of amides is 3. The van der Waals surface area contributed by atoms with E-state index in [1.165, 1.54) is 6.07 Å². The van der Waals surface area contributed by atoms with Gasteiger partial charge >= 0.3 is 6.03 Å². The Kier molecular flexibility index (Phi) is 10.3. The Bertz CT molecular complexity index is 1640. The van der Waals surface area contributed by atoms with Crippen LogP contribution in [0.1, 0.15) is 29.7 Å². The molecule has 1 aliphatic heterocycles. The van der Waals surface area contributed by atoms with Crippen molar-refractivity contribution in [1.82, 2.24) is 25.3 Å². The van der Waals surface area contributed by atoms with Crippen molar-refractivity contribution in [2.24, 2.45) is 5.73 Å². The number of hydrogen-bond donors (Lipinski definition) is 4. The Hall–Kier alpha value is -3.77. The standard InChI is InChI=1S/C31H33Cl2F2N7O2/c32-23-4-3-5-24(33)22(23)17-42-29-16-20(7-8-21(29)28(40-42)18-41-12-1-2-13-41)38-31(44)39-27(30(43)37-11-10-36)15-19-6-9-25(34)26(35)14-19/h3-9,14,16,27H,1-2,10-13,15,17-18,36H2,(H,37,43)(H2,38,39,44)/t27-/m0/s1. The van der Waals surface area contributed by atoms with E-state index in [2.05, 4.69) is 20.9 Å². The number of nitrogens with two attached hydrogens (primary N) is 1. The molecule has 9 nitrogen and oxygen atoms in total. The topological polar surface area (TPSA) is 117 Å². The maximum absolute atomic E-state index is 13.8. The Morgan fingerprint density at radius 3 is 2.43 bits per heavy atom. The summed E-state index contributed by atoms with van der Waals surface area (Å²) in [5, 5.41) is 15.0. The predicted octanol–water partition coefficient (Wildman–Crippen LogP) is 5.07. The first-order chi connectivity index (χ1) is 21.2. The van der Waals surface area contributed by atoms with E-state index in [0.29, 0.717) is 34.4 Å². The number of rotatable bonds is 11. The maximum atomic E-state index is 13.8. The fourth-order valence-corrected chi connectivity index (χ4v) is 5.82. The monoisotopic (exact) mass is 643 g/mol. The fourth-order valence-electron chi connectivity index (χ4n) is 5.30. The zero-order valence-electron chi connectivity index (χ0n) is 23.9. The summed E-state index contributed by atoms with van der Waals surface area (Å²) in [5.41, 5.74) is 8.72. The second-order valence-corrected chi connectivity index (χ2v) is 11.5. The molecule has 44 heavy (non-hydrogen) atoms. The smallest absolute Gasteiger partial charge is 0.319 e. The summed E-state index contributed by atoms with van der Waals surface area (Å²) in [6, 6.07) is 12.4. The minimum absolute atomic E-state index is 0.0642. The largest absolute Gasteiger partial charge is 0.353 e. The quantitative estimate of drug-likeness (QED) is 0.182. The summed E-state index contributed by atoms with van der Waals surface area (Å²) in [4.78, 5) is 28.3. The van der Waals surface area contributed by atoms with Gasteiger partial charge in [-0.05, 0) is 74.0 Å². The van der Waals surface area contributed by atoms with E-state index >= 15 is 0 Å². The highest BCUT2D eigenvalue weighted by molar-refractivity contribution is 6.36. The molecular weight excluding hydrogens is 611 g/mol. The van der Waals surface area contributed by atoms with Crippen LogP contribution in [0.2, 0.25) is 10.0 Å². The highest BCUT2D eigenvalue weighted by Gasteiger charge is 2.23. The molecule has 1 atom stereocenters. The second-order valence-electron chi connectivity index (χ2n) is 10.7. The average molecular weight is 645 g/mol. The lowest BCUT2D eigenvalue weighted by Crippen LogP contribution is -2.50. The van der Waals surface area contributed by atoms with Crippen molar-refractivity contribution in [2.45, 2.75) is 38.4 Å². The van der Waals surface area contributed by atoms with E-state index in [1.54, 1.807) is 30.3 Å². The molecule has 0 bridgehead atoms. The summed E-state index contributed by atoms with van der Waals surface area (Å²) in [7, 11) is 0. The van der Waals surface area contributed by atoms with Gasteiger partial charge in [0, 0.05) is 52.7 Å². The number of urea groups is 1. The van der Waals surface area contributed by atoms with Gasteiger partial charge in [0.05, 0.1) is 17.8 Å². The lowest BCUT2D eigenvalue weighted by molar-refractivity contribution is -0.122. The van der Waals surface area contributed by atoms with Crippen LogP contribution >= 0.6 is 23.2 Å². The summed E-state index contributed by atoms with van der Waals surface area (Å²) in [5.74, 6) is -2.55. The maximum Gasteiger partial charge on any atom is 0.319 e. The number of anilines is 1. The molecule has 0 aliphatic carbocycles. The lowest BCUT2D eigenvalue weighted by Gasteiger charge is -2.19. The molecule has 4 aromatic rings. The lowest BCUT2D eigenvalue weighted by atomic mass is 10.0. The van der Waals surface area contributed by atoms with Gasteiger partial charge in [0.15, 0.2) is 11.6 Å². The molecule has 1 aromatic heterocycles. The highest BCUT2D eigenvalue weighted by atomic mass is 35.5. The van der Waals surface area contributed by atoms with Crippen molar-refractivity contribution < 1.29 is 18.4 Å². The zero-order chi connectivity index (χ0) is 31.2. The summed E-state index contributed by atoms with van der Waals surface area (Å²) >= 11 is 13.0. The number of carbonyl (C=O) groups is 2. The molecule has 5 N–H and O–H groups in total. The van der Waals surface area contributed by atoms with Crippen molar-refractivity contribution in [3.63, 3.8) is 0 Å². The fraction of sp³-hybridized carbons (Fsp3) is 0.323. The van der Waals surface area contributed by atoms with Crippen molar-refractivity contribution in [3.05, 3.63) is 93.1 Å². The van der Waals surface area contributed by atoms with Crippen LogP contribution in [-0.4, -0.2) is 58.8 Å².